The molecule has 5 atom stereocenters. The van der Waals surface area contributed by atoms with E-state index >= 15 is 0 Å². The molecule has 4 heterocycles. The Morgan fingerprint density at radius 3 is 2.53 bits per heavy atom. The van der Waals surface area contributed by atoms with Gasteiger partial charge in [-0.2, -0.15) is 0 Å². The number of hydrogen-bond acceptors (Lipinski definition) is 4. The van der Waals surface area contributed by atoms with Crippen LogP contribution in [0.3, 0.4) is 0 Å². The summed E-state index contributed by atoms with van der Waals surface area (Å²) in [6.45, 7) is 2.45. The summed E-state index contributed by atoms with van der Waals surface area (Å²) in [4.78, 5) is 11.6. The van der Waals surface area contributed by atoms with E-state index in [9.17, 15) is 0 Å². The number of fused-ring (bicyclic) bond motifs is 8. The number of benzene rings is 4. The lowest BCUT2D eigenvalue weighted by Crippen LogP contribution is -2.39. The number of thioether (sulfide) groups is 1. The van der Waals surface area contributed by atoms with E-state index in [0.29, 0.717) is 11.2 Å². The topological polar surface area (TPSA) is 19.4 Å². The lowest BCUT2D eigenvalue weighted by molar-refractivity contribution is 0.480. The molecule has 0 spiro atoms. The molecule has 0 radical (unpaired) electrons. The predicted octanol–water partition coefficient (Wildman–Crippen LogP) is 13.8. The summed E-state index contributed by atoms with van der Waals surface area (Å²) in [5.74, 6) is 1.87. The first kappa shape index (κ1) is 34.2. The fourth-order valence-electron chi connectivity index (χ4n) is 11.1. The molecular formula is C54H45N3S. The van der Waals surface area contributed by atoms with Crippen molar-refractivity contribution in [3.05, 3.63) is 209 Å². The molecule has 3 nitrogen and oxygen atoms in total. The van der Waals surface area contributed by atoms with E-state index in [-0.39, 0.29) is 17.4 Å². The third-order valence-corrected chi connectivity index (χ3v) is 15.3. The minimum absolute atomic E-state index is 0.0992. The van der Waals surface area contributed by atoms with Crippen molar-refractivity contribution in [1.29, 1.82) is 0 Å². The highest BCUT2D eigenvalue weighted by Crippen LogP contribution is 2.57. The summed E-state index contributed by atoms with van der Waals surface area (Å²) in [6.07, 6.45) is 29.4. The third kappa shape index (κ3) is 5.24. The number of allylic oxidation sites excluding steroid dienone is 10. The maximum atomic E-state index is 5.17. The molecule has 4 aromatic carbocycles. The molecule has 1 aromatic heterocycles. The Morgan fingerprint density at radius 1 is 0.759 bits per heavy atom. The molecular weight excluding hydrogens is 723 g/mol. The minimum Gasteiger partial charge on any atom is -0.337 e. The summed E-state index contributed by atoms with van der Waals surface area (Å²) in [5, 5.41) is 0.567. The first-order valence-corrected chi connectivity index (χ1v) is 22.0. The van der Waals surface area contributed by atoms with Crippen LogP contribution >= 0.6 is 11.8 Å². The molecule has 58 heavy (non-hydrogen) atoms. The summed E-state index contributed by atoms with van der Waals surface area (Å²) < 4.78 is 0. The summed E-state index contributed by atoms with van der Waals surface area (Å²) in [6, 6.07) is 40.6. The van der Waals surface area contributed by atoms with Gasteiger partial charge < -0.3 is 4.90 Å². The van der Waals surface area contributed by atoms with Gasteiger partial charge in [0, 0.05) is 56.2 Å². The van der Waals surface area contributed by atoms with Gasteiger partial charge in [-0.15, -0.1) is 11.8 Å². The third-order valence-electron chi connectivity index (χ3n) is 13.8. The number of anilines is 3. The molecule has 0 saturated heterocycles. The average molecular weight is 768 g/mol. The Morgan fingerprint density at radius 2 is 1.62 bits per heavy atom. The normalized spacial score (nSPS) is 26.0. The van der Waals surface area contributed by atoms with Gasteiger partial charge in [0.15, 0.2) is 0 Å². The Labute approximate surface area is 346 Å². The zero-order valence-electron chi connectivity index (χ0n) is 32.8. The summed E-state index contributed by atoms with van der Waals surface area (Å²) in [7, 11) is 0. The average Bonchev–Trinajstić information content (AvgIpc) is 3.92. The van der Waals surface area contributed by atoms with Gasteiger partial charge in [0.1, 0.15) is 5.82 Å². The van der Waals surface area contributed by atoms with Crippen LogP contribution in [0.25, 0.3) is 22.3 Å². The highest BCUT2D eigenvalue weighted by molar-refractivity contribution is 8.00. The molecule has 0 fully saturated rings. The number of rotatable bonds is 5. The van der Waals surface area contributed by atoms with Crippen LogP contribution in [-0.2, 0) is 0 Å². The van der Waals surface area contributed by atoms with Crippen LogP contribution in [0.5, 0.6) is 0 Å². The predicted molar refractivity (Wildman–Crippen MR) is 241 cm³/mol. The van der Waals surface area contributed by atoms with Gasteiger partial charge in [0.25, 0.3) is 0 Å². The zero-order chi connectivity index (χ0) is 38.4. The second kappa shape index (κ2) is 13.4. The molecule has 0 bridgehead atoms. The lowest BCUT2D eigenvalue weighted by atomic mass is 9.71. The molecule has 0 amide bonds. The largest absolute Gasteiger partial charge is 0.337 e. The van der Waals surface area contributed by atoms with E-state index in [1.54, 1.807) is 0 Å². The highest BCUT2D eigenvalue weighted by atomic mass is 32.2. The molecule has 12 rings (SSSR count). The van der Waals surface area contributed by atoms with Crippen molar-refractivity contribution < 1.29 is 0 Å². The van der Waals surface area contributed by atoms with Crippen LogP contribution in [0.15, 0.2) is 203 Å². The number of nitrogens with zero attached hydrogens (tertiary/aromatic N) is 3. The zero-order valence-corrected chi connectivity index (χ0v) is 33.6. The van der Waals surface area contributed by atoms with E-state index < -0.39 is 0 Å². The van der Waals surface area contributed by atoms with Crippen molar-refractivity contribution in [2.24, 2.45) is 5.41 Å². The number of aromatic nitrogens is 1. The second-order valence-corrected chi connectivity index (χ2v) is 18.2. The van der Waals surface area contributed by atoms with Gasteiger partial charge in [-0.05, 0) is 126 Å². The van der Waals surface area contributed by atoms with Gasteiger partial charge in [0.2, 0.25) is 0 Å². The van der Waals surface area contributed by atoms with Gasteiger partial charge in [0.05, 0.1) is 11.7 Å². The first-order chi connectivity index (χ1) is 28.6. The Kier molecular flexibility index (Phi) is 7.88. The number of para-hydroxylation sites is 2. The van der Waals surface area contributed by atoms with Crippen molar-refractivity contribution in [1.82, 2.24) is 4.98 Å². The molecule has 4 heteroatoms. The molecule has 0 saturated carbocycles. The van der Waals surface area contributed by atoms with Crippen LogP contribution in [-0.4, -0.2) is 16.3 Å². The van der Waals surface area contributed by atoms with Crippen molar-refractivity contribution in [2.75, 3.05) is 9.80 Å². The standard InChI is InChI=1S/C54H45N3S/c1-54-33-38(26-29-51(54)56(40-15-3-2-4-16-40)49-23-9-7-21-46(49)54)36-25-28-48-45(32-36)42-17-5-8-22-47(42)57(48)52-30-27-39(34-55-52)35-13-11-14-37(31-35)41-19-12-20-44-43-18-6-10-24-50(43)58-53(41)44/h2-5,7-8,10-17,19-22,24-31,33-34,43,45,50-51H,6,9,18,23,32H2,1H3/t43?,45?,50-,51?,54?/m0/s1. The molecule has 7 aliphatic rings. The van der Waals surface area contributed by atoms with E-state index in [2.05, 4.69) is 199 Å². The van der Waals surface area contributed by atoms with E-state index in [0.717, 1.165) is 30.6 Å². The fourth-order valence-corrected chi connectivity index (χ4v) is 12.6. The lowest BCUT2D eigenvalue weighted by Gasteiger charge is -2.38. The molecule has 0 N–H and O–H groups in total. The van der Waals surface area contributed by atoms with Crippen molar-refractivity contribution in [3.8, 4) is 22.3 Å². The maximum Gasteiger partial charge on any atom is 0.137 e. The van der Waals surface area contributed by atoms with Crippen molar-refractivity contribution >= 4 is 29.0 Å². The SMILES string of the molecule is CC12C=C(C3=CC=C4C(C3)c3ccccc3N4c3ccc(-c4cccc(-c5cccc6c5S[C@H]5C=CCCC65)c4)cn3)C=CC1N(c1ccccc1)C1=C2C=CCC1. The molecule has 3 aliphatic heterocycles. The number of pyridine rings is 1. The Bertz CT molecular complexity index is 2730. The van der Waals surface area contributed by atoms with Crippen LogP contribution in [0.4, 0.5) is 17.2 Å². The van der Waals surface area contributed by atoms with E-state index in [1.165, 1.54) is 85.0 Å². The molecule has 282 valence electrons. The van der Waals surface area contributed by atoms with Crippen molar-refractivity contribution in [3.63, 3.8) is 0 Å². The highest BCUT2D eigenvalue weighted by Gasteiger charge is 2.49. The second-order valence-electron chi connectivity index (χ2n) is 17.0. The van der Waals surface area contributed by atoms with Crippen LogP contribution in [0, 0.1) is 5.41 Å². The van der Waals surface area contributed by atoms with Gasteiger partial charge >= 0.3 is 0 Å². The van der Waals surface area contributed by atoms with Gasteiger partial charge in [-0.3, -0.25) is 4.90 Å². The monoisotopic (exact) mass is 767 g/mol. The Hall–Kier alpha value is -5.84. The fraction of sp³-hybridized carbons (Fsp3) is 0.204. The minimum atomic E-state index is -0.0992. The van der Waals surface area contributed by atoms with Crippen LogP contribution < -0.4 is 9.80 Å². The first-order valence-electron chi connectivity index (χ1n) is 21.1. The van der Waals surface area contributed by atoms with E-state index in [1.807, 2.05) is 0 Å². The van der Waals surface area contributed by atoms with Crippen LogP contribution in [0.2, 0.25) is 0 Å². The molecule has 5 aromatic rings. The smallest absolute Gasteiger partial charge is 0.137 e. The number of hydrogen-bond donors (Lipinski definition) is 0. The Balaban J connectivity index is 0.852. The quantitative estimate of drug-likeness (QED) is 0.166. The van der Waals surface area contributed by atoms with Crippen molar-refractivity contribution in [2.45, 2.75) is 67.1 Å². The molecule has 4 aliphatic carbocycles. The van der Waals surface area contributed by atoms with Crippen LogP contribution in [0.1, 0.15) is 62.0 Å². The maximum absolute atomic E-state index is 5.17. The van der Waals surface area contributed by atoms with Gasteiger partial charge in [-0.25, -0.2) is 4.98 Å². The summed E-state index contributed by atoms with van der Waals surface area (Å²) >= 11 is 2.05. The van der Waals surface area contributed by atoms with E-state index in [4.69, 9.17) is 4.98 Å². The van der Waals surface area contributed by atoms with Gasteiger partial charge in [-0.1, -0.05) is 121 Å². The molecule has 4 unspecified atom stereocenters. The summed E-state index contributed by atoms with van der Waals surface area (Å²) in [5.41, 5.74) is 17.3.